The standard InChI is InChI=1S/C24H33NO4/c1-13(2)10-18-22-16(5)15(4)12-17-11-14(3)6-7-19-20(28-19)8-9-21(26)29-24(17,22)23(27)25-18/h8-9,11-13,16-20,22H,6-7,10H2,1-5H3,(H,25,27)/b9-8+,14-11+/t16-,17-,18-,19+,20+,22-,24+/m0/s1. The number of amides is 1. The molecule has 4 rings (SSSR count). The van der Waals surface area contributed by atoms with Gasteiger partial charge in [-0.25, -0.2) is 4.79 Å². The number of epoxide rings is 1. The number of esters is 1. The number of hydrogen-bond donors (Lipinski definition) is 1. The molecule has 1 spiro atoms. The molecule has 0 aromatic heterocycles. The van der Waals surface area contributed by atoms with Crippen LogP contribution in [0.15, 0.2) is 35.5 Å². The zero-order chi connectivity index (χ0) is 20.9. The highest BCUT2D eigenvalue weighted by Crippen LogP contribution is 2.51. The second kappa shape index (κ2) is 7.42. The van der Waals surface area contributed by atoms with Crippen molar-refractivity contribution < 1.29 is 19.1 Å². The molecule has 0 radical (unpaired) electrons. The van der Waals surface area contributed by atoms with E-state index in [1.54, 1.807) is 6.08 Å². The van der Waals surface area contributed by atoms with Gasteiger partial charge in [0.1, 0.15) is 6.10 Å². The van der Waals surface area contributed by atoms with Crippen molar-refractivity contribution in [3.63, 3.8) is 0 Å². The Hall–Kier alpha value is -1.88. The van der Waals surface area contributed by atoms with Crippen LogP contribution in [0.1, 0.15) is 53.9 Å². The van der Waals surface area contributed by atoms with Crippen molar-refractivity contribution >= 4 is 11.9 Å². The summed E-state index contributed by atoms with van der Waals surface area (Å²) in [4.78, 5) is 26.3. The second-order valence-corrected chi connectivity index (χ2v) is 9.72. The lowest BCUT2D eigenvalue weighted by atomic mass is 9.63. The van der Waals surface area contributed by atoms with Gasteiger partial charge in [0.2, 0.25) is 5.60 Å². The summed E-state index contributed by atoms with van der Waals surface area (Å²) in [7, 11) is 0. The van der Waals surface area contributed by atoms with Gasteiger partial charge in [0.25, 0.3) is 5.91 Å². The topological polar surface area (TPSA) is 67.9 Å². The van der Waals surface area contributed by atoms with Gasteiger partial charge in [-0.05, 0) is 51.0 Å². The van der Waals surface area contributed by atoms with Gasteiger partial charge in [-0.2, -0.15) is 0 Å². The van der Waals surface area contributed by atoms with Crippen LogP contribution in [0.4, 0.5) is 0 Å². The third kappa shape index (κ3) is 3.58. The maximum absolute atomic E-state index is 13.5. The van der Waals surface area contributed by atoms with E-state index in [-0.39, 0.29) is 41.9 Å². The van der Waals surface area contributed by atoms with Crippen LogP contribution < -0.4 is 5.32 Å². The van der Waals surface area contributed by atoms with Gasteiger partial charge in [-0.15, -0.1) is 0 Å². The van der Waals surface area contributed by atoms with Crippen molar-refractivity contribution in [2.24, 2.45) is 23.7 Å². The van der Waals surface area contributed by atoms with Crippen molar-refractivity contribution in [2.45, 2.75) is 77.7 Å². The van der Waals surface area contributed by atoms with E-state index in [4.69, 9.17) is 9.47 Å². The number of allylic oxidation sites excluding steroid dienone is 2. The molecular weight excluding hydrogens is 366 g/mol. The largest absolute Gasteiger partial charge is 0.444 e. The van der Waals surface area contributed by atoms with Gasteiger partial charge < -0.3 is 14.8 Å². The second-order valence-electron chi connectivity index (χ2n) is 9.72. The van der Waals surface area contributed by atoms with Gasteiger partial charge in [0, 0.05) is 24.0 Å². The molecule has 4 aliphatic rings. The highest BCUT2D eigenvalue weighted by atomic mass is 16.6. The van der Waals surface area contributed by atoms with Crippen molar-refractivity contribution in [3.8, 4) is 0 Å². The van der Waals surface area contributed by atoms with Crippen LogP contribution in [0.3, 0.4) is 0 Å². The van der Waals surface area contributed by atoms with E-state index in [0.29, 0.717) is 5.92 Å². The van der Waals surface area contributed by atoms with E-state index >= 15 is 0 Å². The van der Waals surface area contributed by atoms with Crippen LogP contribution in [0.5, 0.6) is 0 Å². The monoisotopic (exact) mass is 399 g/mol. The Morgan fingerprint density at radius 1 is 1.24 bits per heavy atom. The molecule has 0 unspecified atom stereocenters. The Bertz CT molecular complexity index is 795. The summed E-state index contributed by atoms with van der Waals surface area (Å²) in [6, 6.07) is -0.00168. The van der Waals surface area contributed by atoms with Crippen LogP contribution >= 0.6 is 0 Å². The lowest BCUT2D eigenvalue weighted by Gasteiger charge is -2.44. The molecule has 0 saturated carbocycles. The first-order valence-electron chi connectivity index (χ1n) is 11.0. The van der Waals surface area contributed by atoms with Gasteiger partial charge >= 0.3 is 5.97 Å². The first-order chi connectivity index (χ1) is 13.7. The van der Waals surface area contributed by atoms with E-state index in [9.17, 15) is 9.59 Å². The summed E-state index contributed by atoms with van der Waals surface area (Å²) in [6.07, 6.45) is 10.4. The van der Waals surface area contributed by atoms with Gasteiger partial charge in [-0.3, -0.25) is 4.79 Å². The highest BCUT2D eigenvalue weighted by molar-refractivity contribution is 5.94. The predicted molar refractivity (Wildman–Crippen MR) is 111 cm³/mol. The minimum Gasteiger partial charge on any atom is -0.444 e. The first kappa shape index (κ1) is 20.4. The number of hydrogen-bond acceptors (Lipinski definition) is 4. The molecular formula is C24H33NO4. The highest BCUT2D eigenvalue weighted by Gasteiger charge is 2.64. The number of nitrogens with one attached hydrogen (secondary N) is 1. The van der Waals surface area contributed by atoms with Crippen LogP contribution in [0.2, 0.25) is 0 Å². The average Bonchev–Trinajstić information content (AvgIpc) is 3.33. The number of fused-ring (bicyclic) bond motifs is 1. The Morgan fingerprint density at radius 3 is 2.72 bits per heavy atom. The van der Waals surface area contributed by atoms with Crippen LogP contribution in [-0.2, 0) is 19.1 Å². The van der Waals surface area contributed by atoms with Crippen LogP contribution in [-0.4, -0.2) is 35.7 Å². The van der Waals surface area contributed by atoms with E-state index in [0.717, 1.165) is 19.3 Å². The molecule has 0 bridgehead atoms. The molecule has 1 amide bonds. The summed E-state index contributed by atoms with van der Waals surface area (Å²) in [5.41, 5.74) is 1.28. The minimum absolute atomic E-state index is 0.00168. The fourth-order valence-corrected chi connectivity index (χ4v) is 5.52. The molecule has 29 heavy (non-hydrogen) atoms. The minimum atomic E-state index is -1.19. The van der Waals surface area contributed by atoms with Gasteiger partial charge in [0.05, 0.1) is 6.10 Å². The number of rotatable bonds is 2. The average molecular weight is 400 g/mol. The molecule has 0 aromatic rings. The van der Waals surface area contributed by atoms with E-state index < -0.39 is 11.6 Å². The molecule has 5 heteroatoms. The molecule has 2 fully saturated rings. The third-order valence-corrected chi connectivity index (χ3v) is 7.12. The molecule has 1 N–H and O–H groups in total. The Morgan fingerprint density at radius 2 is 2.00 bits per heavy atom. The normalized spacial score (nSPS) is 44.6. The van der Waals surface area contributed by atoms with Crippen molar-refractivity contribution in [2.75, 3.05) is 0 Å². The molecule has 3 heterocycles. The molecule has 158 valence electrons. The summed E-state index contributed by atoms with van der Waals surface area (Å²) < 4.78 is 11.7. The zero-order valence-corrected chi connectivity index (χ0v) is 18.1. The SMILES string of the molecule is CC1=C[C@@H]2/C=C(\C)CC[C@H]3O[C@@H]3/C=C/C(=O)O[C@]23C(=O)N[C@@H](CC(C)C)[C@@H]3[C@H]1C. The number of ether oxygens (including phenoxy) is 2. The van der Waals surface area contributed by atoms with Crippen LogP contribution in [0, 0.1) is 23.7 Å². The van der Waals surface area contributed by atoms with Gasteiger partial charge in [0.15, 0.2) is 0 Å². The molecule has 7 atom stereocenters. The van der Waals surface area contributed by atoms with Crippen molar-refractivity contribution in [1.82, 2.24) is 5.32 Å². The molecule has 0 aromatic carbocycles. The predicted octanol–water partition coefficient (Wildman–Crippen LogP) is 3.71. The fraction of sp³-hybridized carbons (Fsp3) is 0.667. The molecule has 1 aliphatic carbocycles. The lowest BCUT2D eigenvalue weighted by molar-refractivity contribution is -0.172. The van der Waals surface area contributed by atoms with E-state index in [1.807, 2.05) is 0 Å². The summed E-state index contributed by atoms with van der Waals surface area (Å²) >= 11 is 0. The first-order valence-corrected chi connectivity index (χ1v) is 11.0. The number of carbonyl (C=O) groups is 2. The summed E-state index contributed by atoms with van der Waals surface area (Å²) in [5, 5.41) is 3.21. The Balaban J connectivity index is 1.81. The molecule has 2 saturated heterocycles. The lowest BCUT2D eigenvalue weighted by Crippen LogP contribution is -2.56. The smallest absolute Gasteiger partial charge is 0.331 e. The molecule has 3 aliphatic heterocycles. The zero-order valence-electron chi connectivity index (χ0n) is 18.1. The maximum atomic E-state index is 13.5. The third-order valence-electron chi connectivity index (χ3n) is 7.12. The number of carbonyl (C=O) groups excluding carboxylic acids is 2. The quantitative estimate of drug-likeness (QED) is 0.437. The van der Waals surface area contributed by atoms with Crippen molar-refractivity contribution in [3.05, 3.63) is 35.5 Å². The Labute approximate surface area is 173 Å². The van der Waals surface area contributed by atoms with Crippen molar-refractivity contribution in [1.29, 1.82) is 0 Å². The van der Waals surface area contributed by atoms with E-state index in [2.05, 4.69) is 52.1 Å². The van der Waals surface area contributed by atoms with Gasteiger partial charge in [-0.1, -0.05) is 44.1 Å². The molecule has 5 nitrogen and oxygen atoms in total. The summed E-state index contributed by atoms with van der Waals surface area (Å²) in [5.74, 6) is -0.354. The van der Waals surface area contributed by atoms with E-state index in [1.165, 1.54) is 17.2 Å². The maximum Gasteiger partial charge on any atom is 0.331 e. The summed E-state index contributed by atoms with van der Waals surface area (Å²) in [6.45, 7) is 10.7. The Kier molecular flexibility index (Phi) is 5.22. The fourth-order valence-electron chi connectivity index (χ4n) is 5.52. The van der Waals surface area contributed by atoms with Crippen LogP contribution in [0.25, 0.3) is 0 Å².